The van der Waals surface area contributed by atoms with E-state index in [1.54, 1.807) is 7.11 Å². The highest BCUT2D eigenvalue weighted by Crippen LogP contribution is 2.19. The minimum Gasteiger partial charge on any atom is -0.497 e. The zero-order valence-corrected chi connectivity index (χ0v) is 10.7. The van der Waals surface area contributed by atoms with Crippen LogP contribution in [0.3, 0.4) is 0 Å². The maximum absolute atomic E-state index is 6.20. The highest BCUT2D eigenvalue weighted by atomic mass is 16.5. The zero-order valence-electron chi connectivity index (χ0n) is 10.7. The van der Waals surface area contributed by atoms with Crippen molar-refractivity contribution < 1.29 is 4.74 Å². The zero-order chi connectivity index (χ0) is 12.1. The molecule has 2 heteroatoms. The predicted octanol–water partition coefficient (Wildman–Crippen LogP) is 2.86. The summed E-state index contributed by atoms with van der Waals surface area (Å²) in [5.41, 5.74) is 7.45. The molecule has 2 nitrogen and oxygen atoms in total. The van der Waals surface area contributed by atoms with Crippen molar-refractivity contribution in [3.63, 3.8) is 0 Å². The van der Waals surface area contributed by atoms with Gasteiger partial charge in [0.05, 0.1) is 7.11 Å². The SMILES string of the molecule is COc1cccc(CC(N)C(C)C(C)C)c1. The predicted molar refractivity (Wildman–Crippen MR) is 68.7 cm³/mol. The number of rotatable bonds is 5. The van der Waals surface area contributed by atoms with Gasteiger partial charge in [0.2, 0.25) is 0 Å². The van der Waals surface area contributed by atoms with Crippen molar-refractivity contribution in [1.29, 1.82) is 0 Å². The van der Waals surface area contributed by atoms with Crippen LogP contribution >= 0.6 is 0 Å². The molecule has 1 rings (SSSR count). The van der Waals surface area contributed by atoms with Crippen LogP contribution in [0.15, 0.2) is 24.3 Å². The first-order valence-electron chi connectivity index (χ1n) is 5.93. The molecule has 1 aromatic carbocycles. The molecule has 1 aromatic rings. The van der Waals surface area contributed by atoms with E-state index >= 15 is 0 Å². The molecule has 0 radical (unpaired) electrons. The molecule has 2 unspecified atom stereocenters. The first-order valence-corrected chi connectivity index (χ1v) is 5.93. The van der Waals surface area contributed by atoms with Gasteiger partial charge in [-0.3, -0.25) is 0 Å². The molecule has 0 fully saturated rings. The van der Waals surface area contributed by atoms with Crippen molar-refractivity contribution in [3.05, 3.63) is 29.8 Å². The third-order valence-electron chi connectivity index (χ3n) is 3.33. The Kier molecular flexibility index (Phi) is 4.81. The van der Waals surface area contributed by atoms with Crippen molar-refractivity contribution in [2.45, 2.75) is 33.2 Å². The van der Waals surface area contributed by atoms with Crippen molar-refractivity contribution in [3.8, 4) is 5.75 Å². The molecule has 0 heterocycles. The normalized spacial score (nSPS) is 14.9. The molecule has 0 aromatic heterocycles. The van der Waals surface area contributed by atoms with Gasteiger partial charge in [0, 0.05) is 6.04 Å². The van der Waals surface area contributed by atoms with Crippen LogP contribution in [-0.4, -0.2) is 13.2 Å². The maximum Gasteiger partial charge on any atom is 0.119 e. The Morgan fingerprint density at radius 2 is 1.94 bits per heavy atom. The van der Waals surface area contributed by atoms with E-state index in [0.29, 0.717) is 11.8 Å². The van der Waals surface area contributed by atoms with E-state index in [-0.39, 0.29) is 6.04 Å². The Hall–Kier alpha value is -1.02. The number of hydrogen-bond acceptors (Lipinski definition) is 2. The lowest BCUT2D eigenvalue weighted by Crippen LogP contribution is -2.33. The Balaban J connectivity index is 2.65. The quantitative estimate of drug-likeness (QED) is 0.829. The van der Waals surface area contributed by atoms with Crippen molar-refractivity contribution in [2.75, 3.05) is 7.11 Å². The van der Waals surface area contributed by atoms with Crippen LogP contribution in [0.5, 0.6) is 5.75 Å². The van der Waals surface area contributed by atoms with Crippen LogP contribution in [0.25, 0.3) is 0 Å². The van der Waals surface area contributed by atoms with Gasteiger partial charge in [-0.05, 0) is 36.0 Å². The Bertz CT molecular complexity index is 322. The van der Waals surface area contributed by atoms with Gasteiger partial charge in [0.15, 0.2) is 0 Å². The Morgan fingerprint density at radius 1 is 1.25 bits per heavy atom. The minimum atomic E-state index is 0.215. The van der Waals surface area contributed by atoms with E-state index in [1.165, 1.54) is 5.56 Å². The first-order chi connectivity index (χ1) is 7.54. The fourth-order valence-corrected chi connectivity index (χ4v) is 1.75. The molecule has 0 aliphatic rings. The number of benzene rings is 1. The second kappa shape index (κ2) is 5.90. The average molecular weight is 221 g/mol. The number of nitrogens with two attached hydrogens (primary N) is 1. The molecule has 0 amide bonds. The number of methoxy groups -OCH3 is 1. The highest BCUT2D eigenvalue weighted by Gasteiger charge is 2.16. The number of hydrogen-bond donors (Lipinski definition) is 1. The summed E-state index contributed by atoms with van der Waals surface area (Å²) in [7, 11) is 1.69. The summed E-state index contributed by atoms with van der Waals surface area (Å²) in [6.45, 7) is 6.65. The van der Waals surface area contributed by atoms with Crippen LogP contribution in [0, 0.1) is 11.8 Å². The molecule has 2 atom stereocenters. The Labute approximate surface area is 98.8 Å². The molecular weight excluding hydrogens is 198 g/mol. The van der Waals surface area contributed by atoms with Crippen LogP contribution in [0.4, 0.5) is 0 Å². The van der Waals surface area contributed by atoms with Crippen LogP contribution in [0.2, 0.25) is 0 Å². The molecule has 0 aliphatic carbocycles. The molecule has 0 saturated carbocycles. The second-order valence-electron chi connectivity index (χ2n) is 4.82. The standard InChI is InChI=1S/C14H23NO/c1-10(2)11(3)14(15)9-12-6-5-7-13(8-12)16-4/h5-8,10-11,14H,9,15H2,1-4H3. The van der Waals surface area contributed by atoms with E-state index < -0.39 is 0 Å². The van der Waals surface area contributed by atoms with E-state index in [2.05, 4.69) is 32.9 Å². The fraction of sp³-hybridized carbons (Fsp3) is 0.571. The summed E-state index contributed by atoms with van der Waals surface area (Å²) in [6, 6.07) is 8.36. The smallest absolute Gasteiger partial charge is 0.119 e. The molecule has 0 bridgehead atoms. The first kappa shape index (κ1) is 13.0. The molecule has 0 aliphatic heterocycles. The van der Waals surface area contributed by atoms with E-state index in [4.69, 9.17) is 10.5 Å². The average Bonchev–Trinajstić information content (AvgIpc) is 2.28. The summed E-state index contributed by atoms with van der Waals surface area (Å²) in [6.07, 6.45) is 0.913. The van der Waals surface area contributed by atoms with Gasteiger partial charge >= 0.3 is 0 Å². The second-order valence-corrected chi connectivity index (χ2v) is 4.82. The third kappa shape index (κ3) is 3.53. The summed E-state index contributed by atoms with van der Waals surface area (Å²) in [5, 5.41) is 0. The summed E-state index contributed by atoms with van der Waals surface area (Å²) in [5.74, 6) is 2.06. The Morgan fingerprint density at radius 3 is 2.50 bits per heavy atom. The van der Waals surface area contributed by atoms with Gasteiger partial charge in [-0.1, -0.05) is 32.9 Å². The van der Waals surface area contributed by atoms with E-state index in [0.717, 1.165) is 12.2 Å². The monoisotopic (exact) mass is 221 g/mol. The van der Waals surface area contributed by atoms with Gasteiger partial charge in [-0.25, -0.2) is 0 Å². The summed E-state index contributed by atoms with van der Waals surface area (Å²) < 4.78 is 5.20. The van der Waals surface area contributed by atoms with Crippen molar-refractivity contribution in [1.82, 2.24) is 0 Å². The van der Waals surface area contributed by atoms with Gasteiger partial charge in [-0.2, -0.15) is 0 Å². The van der Waals surface area contributed by atoms with Crippen molar-refractivity contribution >= 4 is 0 Å². The lowest BCUT2D eigenvalue weighted by Gasteiger charge is -2.23. The molecular formula is C14H23NO. The molecule has 0 saturated heterocycles. The maximum atomic E-state index is 6.20. The van der Waals surface area contributed by atoms with Crippen LogP contribution < -0.4 is 10.5 Å². The summed E-state index contributed by atoms with van der Waals surface area (Å²) in [4.78, 5) is 0. The molecule has 2 N–H and O–H groups in total. The molecule has 16 heavy (non-hydrogen) atoms. The van der Waals surface area contributed by atoms with Crippen LogP contribution in [-0.2, 0) is 6.42 Å². The van der Waals surface area contributed by atoms with Gasteiger partial charge in [-0.15, -0.1) is 0 Å². The largest absolute Gasteiger partial charge is 0.497 e. The lowest BCUT2D eigenvalue weighted by molar-refractivity contribution is 0.344. The van der Waals surface area contributed by atoms with E-state index in [9.17, 15) is 0 Å². The molecule has 90 valence electrons. The number of ether oxygens (including phenoxy) is 1. The fourth-order valence-electron chi connectivity index (χ4n) is 1.75. The lowest BCUT2D eigenvalue weighted by atomic mass is 9.87. The third-order valence-corrected chi connectivity index (χ3v) is 3.33. The van der Waals surface area contributed by atoms with Crippen LogP contribution in [0.1, 0.15) is 26.3 Å². The van der Waals surface area contributed by atoms with E-state index in [1.807, 2.05) is 12.1 Å². The minimum absolute atomic E-state index is 0.215. The van der Waals surface area contributed by atoms with Gasteiger partial charge in [0.25, 0.3) is 0 Å². The topological polar surface area (TPSA) is 35.2 Å². The highest BCUT2D eigenvalue weighted by molar-refractivity contribution is 5.28. The van der Waals surface area contributed by atoms with Gasteiger partial charge in [0.1, 0.15) is 5.75 Å². The molecule has 0 spiro atoms. The van der Waals surface area contributed by atoms with Gasteiger partial charge < -0.3 is 10.5 Å². The summed E-state index contributed by atoms with van der Waals surface area (Å²) >= 11 is 0. The van der Waals surface area contributed by atoms with Crippen molar-refractivity contribution in [2.24, 2.45) is 17.6 Å².